The van der Waals surface area contributed by atoms with Crippen LogP contribution in [0.3, 0.4) is 0 Å². The quantitative estimate of drug-likeness (QED) is 0.113. The smallest absolute Gasteiger partial charge is 0.144 e. The highest BCUT2D eigenvalue weighted by Crippen LogP contribution is 2.52. The van der Waals surface area contributed by atoms with Gasteiger partial charge in [-0.05, 0) is 169 Å². The molecule has 0 unspecified atom stereocenters. The average Bonchev–Trinajstić information content (AvgIpc) is 3.39. The lowest BCUT2D eigenvalue weighted by molar-refractivity contribution is 0.414. The third-order valence-electron chi connectivity index (χ3n) is 12.3. The van der Waals surface area contributed by atoms with E-state index in [1.165, 1.54) is 0 Å². The highest BCUT2D eigenvalue weighted by atomic mass is 16.5. The first-order chi connectivity index (χ1) is 32.5. The van der Waals surface area contributed by atoms with Gasteiger partial charge in [-0.15, -0.1) is 0 Å². The summed E-state index contributed by atoms with van der Waals surface area (Å²) in [6.45, 7) is 0. The largest absolute Gasteiger partial charge is 0.497 e. The normalized spacial score (nSPS) is 12.4. The fourth-order valence-corrected chi connectivity index (χ4v) is 8.94. The molecule has 0 N–H and O–H groups in total. The van der Waals surface area contributed by atoms with Gasteiger partial charge in [-0.3, -0.25) is 0 Å². The Balaban J connectivity index is 0.939. The number of methoxy groups -OCH3 is 4. The molecule has 66 heavy (non-hydrogen) atoms. The maximum atomic E-state index is 6.97. The van der Waals surface area contributed by atoms with Crippen molar-refractivity contribution in [1.82, 2.24) is 0 Å². The number of anilines is 6. The van der Waals surface area contributed by atoms with Crippen molar-refractivity contribution >= 4 is 79.3 Å². The topological polar surface area (TPSA) is 61.9 Å². The molecule has 9 aromatic carbocycles. The highest BCUT2D eigenvalue weighted by molar-refractivity contribution is 6.19. The molecule has 0 bridgehead atoms. The Kier molecular flexibility index (Phi) is 10.2. The Morgan fingerprint density at radius 1 is 0.318 bits per heavy atom. The van der Waals surface area contributed by atoms with Gasteiger partial charge >= 0.3 is 0 Å². The number of rotatable bonds is 12. The minimum Gasteiger partial charge on any atom is -0.497 e. The number of benzene rings is 9. The molecule has 0 spiro atoms. The van der Waals surface area contributed by atoms with E-state index in [0.717, 1.165) is 124 Å². The summed E-state index contributed by atoms with van der Waals surface area (Å²) in [4.78, 5) is 4.42. The fourth-order valence-electron chi connectivity index (χ4n) is 8.94. The molecule has 0 radical (unpaired) electrons. The van der Waals surface area contributed by atoms with Crippen LogP contribution in [0.1, 0.15) is 22.3 Å². The summed E-state index contributed by atoms with van der Waals surface area (Å²) in [5.41, 5.74) is 10.1. The molecule has 0 amide bonds. The molecular formula is C58H44N2O6. The van der Waals surface area contributed by atoms with Crippen molar-refractivity contribution in [2.75, 3.05) is 38.2 Å². The molecule has 2 aliphatic rings. The molecule has 11 rings (SSSR count). The van der Waals surface area contributed by atoms with Gasteiger partial charge in [0.1, 0.15) is 46.0 Å². The molecule has 2 heterocycles. The van der Waals surface area contributed by atoms with Gasteiger partial charge < -0.3 is 38.2 Å². The lowest BCUT2D eigenvalue weighted by Gasteiger charge is -2.28. The third kappa shape index (κ3) is 7.15. The zero-order valence-electron chi connectivity index (χ0n) is 36.8. The second kappa shape index (κ2) is 16.8. The second-order valence-electron chi connectivity index (χ2n) is 16.0. The summed E-state index contributed by atoms with van der Waals surface area (Å²) >= 11 is 0. The Morgan fingerprint density at radius 2 is 0.591 bits per heavy atom. The van der Waals surface area contributed by atoms with E-state index in [-0.39, 0.29) is 0 Å². The summed E-state index contributed by atoms with van der Waals surface area (Å²) in [5, 5.41) is 4.04. The predicted molar refractivity (Wildman–Crippen MR) is 267 cm³/mol. The van der Waals surface area contributed by atoms with Crippen LogP contribution in [0.4, 0.5) is 34.1 Å². The van der Waals surface area contributed by atoms with E-state index >= 15 is 0 Å². The maximum Gasteiger partial charge on any atom is 0.144 e. The summed E-state index contributed by atoms with van der Waals surface area (Å²) in [6, 6.07) is 62.0. The van der Waals surface area contributed by atoms with Gasteiger partial charge in [0.15, 0.2) is 0 Å². The summed E-state index contributed by atoms with van der Waals surface area (Å²) < 4.78 is 35.8. The summed E-state index contributed by atoms with van der Waals surface area (Å²) in [6.07, 6.45) is 4.28. The maximum absolute atomic E-state index is 6.97. The van der Waals surface area contributed by atoms with Crippen LogP contribution < -0.4 is 38.2 Å². The molecule has 9 aromatic rings. The summed E-state index contributed by atoms with van der Waals surface area (Å²) in [5.74, 6) is 6.38. The van der Waals surface area contributed by atoms with Gasteiger partial charge in [-0.25, -0.2) is 0 Å². The van der Waals surface area contributed by atoms with Gasteiger partial charge in [0.25, 0.3) is 0 Å². The minimum absolute atomic E-state index is 0.772. The highest BCUT2D eigenvalue weighted by Gasteiger charge is 2.28. The number of nitrogens with zero attached hydrogens (tertiary/aromatic N) is 2. The van der Waals surface area contributed by atoms with Crippen molar-refractivity contribution in [1.29, 1.82) is 0 Å². The molecule has 8 heteroatoms. The van der Waals surface area contributed by atoms with Crippen molar-refractivity contribution in [2.45, 2.75) is 0 Å². The monoisotopic (exact) mass is 864 g/mol. The van der Waals surface area contributed by atoms with Crippen LogP contribution >= 0.6 is 0 Å². The lowest BCUT2D eigenvalue weighted by atomic mass is 9.90. The summed E-state index contributed by atoms with van der Waals surface area (Å²) in [7, 11) is 6.71. The van der Waals surface area contributed by atoms with E-state index in [9.17, 15) is 0 Å². The molecule has 0 saturated heterocycles. The zero-order valence-corrected chi connectivity index (χ0v) is 36.8. The molecule has 2 aliphatic heterocycles. The molecule has 0 fully saturated rings. The number of hydrogen-bond donors (Lipinski definition) is 0. The first kappa shape index (κ1) is 40.2. The van der Waals surface area contributed by atoms with Crippen molar-refractivity contribution in [2.24, 2.45) is 0 Å². The van der Waals surface area contributed by atoms with Gasteiger partial charge in [-0.2, -0.15) is 0 Å². The van der Waals surface area contributed by atoms with E-state index in [2.05, 4.69) is 155 Å². The molecular weight excluding hydrogens is 821 g/mol. The van der Waals surface area contributed by atoms with Crippen LogP contribution in [-0.4, -0.2) is 28.4 Å². The van der Waals surface area contributed by atoms with Gasteiger partial charge in [0, 0.05) is 66.8 Å². The van der Waals surface area contributed by atoms with Crippen LogP contribution in [0, 0.1) is 0 Å². The number of ether oxygens (including phenoxy) is 6. The van der Waals surface area contributed by atoms with Gasteiger partial charge in [0.05, 0.1) is 28.4 Å². The van der Waals surface area contributed by atoms with Crippen LogP contribution in [0.2, 0.25) is 0 Å². The van der Waals surface area contributed by atoms with E-state index < -0.39 is 0 Å². The average molecular weight is 865 g/mol. The van der Waals surface area contributed by atoms with Crippen LogP contribution in [0.15, 0.2) is 182 Å². The first-order valence-electron chi connectivity index (χ1n) is 21.7. The van der Waals surface area contributed by atoms with Crippen LogP contribution in [0.5, 0.6) is 34.5 Å². The van der Waals surface area contributed by atoms with E-state index in [1.807, 2.05) is 48.5 Å². The van der Waals surface area contributed by atoms with Gasteiger partial charge in [0.2, 0.25) is 0 Å². The van der Waals surface area contributed by atoms with E-state index in [4.69, 9.17) is 28.4 Å². The van der Waals surface area contributed by atoms with Crippen LogP contribution in [0.25, 0.3) is 45.2 Å². The van der Waals surface area contributed by atoms with Crippen molar-refractivity contribution in [3.63, 3.8) is 0 Å². The second-order valence-corrected chi connectivity index (χ2v) is 16.0. The lowest BCUT2D eigenvalue weighted by Crippen LogP contribution is -2.10. The third-order valence-corrected chi connectivity index (χ3v) is 12.3. The molecule has 322 valence electrons. The minimum atomic E-state index is 0.772. The Labute approximate surface area is 383 Å². The Bertz CT molecular complexity index is 2990. The fraction of sp³-hybridized carbons (Fsp3) is 0.0690. The molecule has 0 saturated carbocycles. The standard InChI is InChI=1S/C58H44N2O6/c1-61-47-27-19-43(20-28-47)59(44-21-29-48(62-2)30-22-44)41-15-11-37(12-16-41)53-35-39-9-10-40-36-54(66-58-52-8-6-5-7-51(52)57(65-53)55(39)56(40)58)38-13-17-42(18-14-38)60(45-23-31-49(63-3)32-24-45)46-25-33-50(64-4)34-26-46/h5-36H,1-4H3. The van der Waals surface area contributed by atoms with Crippen molar-refractivity contribution in [3.8, 4) is 34.5 Å². The predicted octanol–water partition coefficient (Wildman–Crippen LogP) is 14.7. The van der Waals surface area contributed by atoms with E-state index in [1.54, 1.807) is 28.4 Å². The zero-order chi connectivity index (χ0) is 44.7. The molecule has 0 aromatic heterocycles. The number of hydrogen-bond acceptors (Lipinski definition) is 8. The SMILES string of the molecule is COc1ccc(N(c2ccc(OC)cc2)c2ccc(C3=Cc4ccc5c6c(c7ccccc7c(c46)O3)OC(c3ccc(N(c4ccc(OC)cc4)c4ccc(OC)cc4)cc3)=C5)cc2)cc1. The molecule has 0 aliphatic carbocycles. The molecule has 0 atom stereocenters. The first-order valence-corrected chi connectivity index (χ1v) is 21.7. The molecule has 8 nitrogen and oxygen atoms in total. The Hall–Kier alpha value is -8.62. The van der Waals surface area contributed by atoms with Crippen molar-refractivity contribution < 1.29 is 28.4 Å². The van der Waals surface area contributed by atoms with Gasteiger partial charge in [-0.1, -0.05) is 36.4 Å². The van der Waals surface area contributed by atoms with Crippen LogP contribution in [-0.2, 0) is 0 Å². The number of fused-ring (bicyclic) bond motifs is 3. The van der Waals surface area contributed by atoms with E-state index in [0.29, 0.717) is 0 Å². The Morgan fingerprint density at radius 3 is 0.864 bits per heavy atom. The van der Waals surface area contributed by atoms with Crippen molar-refractivity contribution in [3.05, 3.63) is 204 Å².